The van der Waals surface area contributed by atoms with E-state index in [9.17, 15) is 4.79 Å². The van der Waals surface area contributed by atoms with Gasteiger partial charge in [-0.05, 0) is 11.4 Å². The predicted octanol–water partition coefficient (Wildman–Crippen LogP) is 1.76. The first-order chi connectivity index (χ1) is 8.50. The van der Waals surface area contributed by atoms with E-state index in [0.717, 1.165) is 0 Å². The Bertz CT molecular complexity index is 530. The van der Waals surface area contributed by atoms with Crippen LogP contribution in [-0.2, 0) is 5.41 Å². The molecule has 0 spiro atoms. The number of H-pyrrole nitrogens is 1. The molecule has 0 unspecified atom stereocenters. The molecule has 0 aliphatic rings. The van der Waals surface area contributed by atoms with Gasteiger partial charge in [0.05, 0.1) is 11.9 Å². The number of aromatic nitrogens is 2. The summed E-state index contributed by atoms with van der Waals surface area (Å²) >= 11 is 1.69. The van der Waals surface area contributed by atoms with E-state index in [0.29, 0.717) is 17.9 Å². The predicted molar refractivity (Wildman–Crippen MR) is 72.7 cm³/mol. The van der Waals surface area contributed by atoms with Crippen LogP contribution in [0.5, 0.6) is 0 Å². The minimum absolute atomic E-state index is 0.0986. The van der Waals surface area contributed by atoms with Crippen LogP contribution in [0, 0.1) is 0 Å². The number of nitrogens with one attached hydrogen (secondary N) is 2. The van der Waals surface area contributed by atoms with Gasteiger partial charge in [0.25, 0.3) is 5.91 Å². The van der Waals surface area contributed by atoms with Gasteiger partial charge >= 0.3 is 0 Å². The highest BCUT2D eigenvalue weighted by molar-refractivity contribution is 7.10. The Hall–Kier alpha value is -1.82. The van der Waals surface area contributed by atoms with Crippen molar-refractivity contribution in [1.29, 1.82) is 0 Å². The normalized spacial score (nSPS) is 11.4. The summed E-state index contributed by atoms with van der Waals surface area (Å²) in [5, 5.41) is 11.2. The first-order valence-corrected chi connectivity index (χ1v) is 6.50. The highest BCUT2D eigenvalue weighted by Crippen LogP contribution is 2.26. The maximum atomic E-state index is 11.9. The largest absolute Gasteiger partial charge is 0.396 e. The molecule has 96 valence electrons. The Morgan fingerprint density at radius 3 is 2.94 bits per heavy atom. The van der Waals surface area contributed by atoms with Crippen molar-refractivity contribution < 1.29 is 4.79 Å². The van der Waals surface area contributed by atoms with Gasteiger partial charge in [0.2, 0.25) is 0 Å². The molecule has 2 rings (SSSR count). The number of hydrogen-bond donors (Lipinski definition) is 3. The van der Waals surface area contributed by atoms with Crippen LogP contribution in [0.15, 0.2) is 23.7 Å². The lowest BCUT2D eigenvalue weighted by molar-refractivity contribution is 0.0942. The molecule has 0 atom stereocenters. The lowest BCUT2D eigenvalue weighted by Gasteiger charge is -2.23. The van der Waals surface area contributed by atoms with Gasteiger partial charge in [-0.25, -0.2) is 0 Å². The molecule has 5 nitrogen and oxygen atoms in total. The summed E-state index contributed by atoms with van der Waals surface area (Å²) in [4.78, 5) is 13.1. The van der Waals surface area contributed by atoms with Gasteiger partial charge in [0, 0.05) is 16.8 Å². The molecule has 6 heteroatoms. The molecular weight excluding hydrogens is 248 g/mol. The van der Waals surface area contributed by atoms with Crippen LogP contribution in [0.25, 0.3) is 0 Å². The van der Waals surface area contributed by atoms with E-state index in [-0.39, 0.29) is 11.3 Å². The van der Waals surface area contributed by atoms with E-state index in [1.54, 1.807) is 11.3 Å². The number of thiophene rings is 1. The van der Waals surface area contributed by atoms with Gasteiger partial charge in [-0.3, -0.25) is 9.89 Å². The zero-order valence-electron chi connectivity index (χ0n) is 10.4. The average Bonchev–Trinajstić information content (AvgIpc) is 2.96. The molecule has 2 aromatic heterocycles. The van der Waals surface area contributed by atoms with Gasteiger partial charge in [0.1, 0.15) is 5.69 Å². The van der Waals surface area contributed by atoms with Gasteiger partial charge in [-0.1, -0.05) is 19.9 Å². The Morgan fingerprint density at radius 1 is 1.61 bits per heavy atom. The summed E-state index contributed by atoms with van der Waals surface area (Å²) in [6.45, 7) is 4.73. The number of nitrogen functional groups attached to an aromatic ring is 1. The Balaban J connectivity index is 2.00. The number of hydrogen-bond acceptors (Lipinski definition) is 4. The van der Waals surface area contributed by atoms with Crippen molar-refractivity contribution in [3.8, 4) is 0 Å². The number of carbonyl (C=O) groups is 1. The molecule has 4 N–H and O–H groups in total. The number of nitrogens with zero attached hydrogens (tertiary/aromatic N) is 1. The highest BCUT2D eigenvalue weighted by atomic mass is 32.1. The van der Waals surface area contributed by atoms with Crippen molar-refractivity contribution in [1.82, 2.24) is 15.5 Å². The molecule has 0 radical (unpaired) electrons. The number of carbonyl (C=O) groups excluding carboxylic acids is 1. The minimum Gasteiger partial charge on any atom is -0.396 e. The zero-order valence-corrected chi connectivity index (χ0v) is 11.2. The molecular formula is C12H16N4OS. The molecule has 1 amide bonds. The summed E-state index contributed by atoms with van der Waals surface area (Å²) in [5.41, 5.74) is 6.20. The van der Waals surface area contributed by atoms with Gasteiger partial charge < -0.3 is 11.1 Å². The number of anilines is 1. The summed E-state index contributed by atoms with van der Waals surface area (Å²) in [6.07, 6.45) is 1.43. The van der Waals surface area contributed by atoms with Crippen molar-refractivity contribution in [3.63, 3.8) is 0 Å². The van der Waals surface area contributed by atoms with Crippen molar-refractivity contribution in [2.24, 2.45) is 0 Å². The third-order valence-electron chi connectivity index (χ3n) is 2.77. The second kappa shape index (κ2) is 4.81. The van der Waals surface area contributed by atoms with Crippen molar-refractivity contribution in [2.75, 3.05) is 12.3 Å². The fourth-order valence-corrected chi connectivity index (χ4v) is 2.47. The number of rotatable bonds is 4. The van der Waals surface area contributed by atoms with Gasteiger partial charge in [-0.15, -0.1) is 11.3 Å². The van der Waals surface area contributed by atoms with E-state index in [1.807, 2.05) is 11.4 Å². The molecule has 0 saturated heterocycles. The van der Waals surface area contributed by atoms with Crippen LogP contribution >= 0.6 is 11.3 Å². The number of nitrogens with two attached hydrogens (primary N) is 1. The van der Waals surface area contributed by atoms with Crippen molar-refractivity contribution in [3.05, 3.63) is 34.3 Å². The summed E-state index contributed by atoms with van der Waals surface area (Å²) in [5.74, 6) is -0.227. The van der Waals surface area contributed by atoms with Crippen LogP contribution in [0.1, 0.15) is 29.2 Å². The fraction of sp³-hybridized carbons (Fsp3) is 0.333. The van der Waals surface area contributed by atoms with E-state index >= 15 is 0 Å². The fourth-order valence-electron chi connectivity index (χ4n) is 1.62. The van der Waals surface area contributed by atoms with Crippen molar-refractivity contribution >= 4 is 22.9 Å². The molecule has 0 aliphatic heterocycles. The maximum Gasteiger partial charge on any atom is 0.271 e. The quantitative estimate of drug-likeness (QED) is 0.786. The zero-order chi connectivity index (χ0) is 13.2. The Kier molecular flexibility index (Phi) is 3.38. The van der Waals surface area contributed by atoms with Crippen molar-refractivity contribution in [2.45, 2.75) is 19.3 Å². The first kappa shape index (κ1) is 12.6. The van der Waals surface area contributed by atoms with Gasteiger partial charge in [-0.2, -0.15) is 5.10 Å². The lowest BCUT2D eigenvalue weighted by Crippen LogP contribution is -2.36. The van der Waals surface area contributed by atoms with E-state index in [1.165, 1.54) is 11.1 Å². The van der Waals surface area contributed by atoms with Crippen LogP contribution in [0.3, 0.4) is 0 Å². The van der Waals surface area contributed by atoms with Gasteiger partial charge in [0.15, 0.2) is 0 Å². The van der Waals surface area contributed by atoms with E-state index in [2.05, 4.69) is 35.4 Å². The minimum atomic E-state index is -0.227. The third kappa shape index (κ3) is 2.53. The second-order valence-electron chi connectivity index (χ2n) is 4.74. The molecule has 0 fully saturated rings. The highest BCUT2D eigenvalue weighted by Gasteiger charge is 2.23. The molecule has 0 aromatic carbocycles. The standard InChI is InChI=1S/C12H16N4OS/c1-12(2,9-4-3-5-18-9)7-14-11(17)10-8(13)6-15-16-10/h3-6H,7,13H2,1-2H3,(H,14,17)(H,15,16). The maximum absolute atomic E-state index is 11.9. The molecule has 0 saturated carbocycles. The summed E-state index contributed by atoms with van der Waals surface area (Å²) in [6, 6.07) is 4.08. The molecule has 2 aromatic rings. The third-order valence-corrected chi connectivity index (χ3v) is 4.01. The SMILES string of the molecule is CC(C)(CNC(=O)c1[nH]ncc1N)c1cccs1. The molecule has 0 bridgehead atoms. The lowest BCUT2D eigenvalue weighted by atomic mass is 9.91. The monoisotopic (exact) mass is 264 g/mol. The second-order valence-corrected chi connectivity index (χ2v) is 5.69. The average molecular weight is 264 g/mol. The van der Waals surface area contributed by atoms with Crippen LogP contribution in [0.4, 0.5) is 5.69 Å². The Morgan fingerprint density at radius 2 is 2.39 bits per heavy atom. The number of amides is 1. The summed E-state index contributed by atoms with van der Waals surface area (Å²) in [7, 11) is 0. The van der Waals surface area contributed by atoms with E-state index in [4.69, 9.17) is 5.73 Å². The molecule has 18 heavy (non-hydrogen) atoms. The molecule has 0 aliphatic carbocycles. The van der Waals surface area contributed by atoms with Crippen LogP contribution < -0.4 is 11.1 Å². The van der Waals surface area contributed by atoms with Crippen LogP contribution in [-0.4, -0.2) is 22.6 Å². The summed E-state index contributed by atoms with van der Waals surface area (Å²) < 4.78 is 0. The molecule has 2 heterocycles. The van der Waals surface area contributed by atoms with Crippen LogP contribution in [0.2, 0.25) is 0 Å². The first-order valence-electron chi connectivity index (χ1n) is 5.62. The Labute approximate surface area is 109 Å². The smallest absolute Gasteiger partial charge is 0.271 e. The number of aromatic amines is 1. The van der Waals surface area contributed by atoms with E-state index < -0.39 is 0 Å². The topological polar surface area (TPSA) is 83.8 Å².